The molecule has 7 heteroatoms. The third-order valence-corrected chi connectivity index (χ3v) is 8.21. The summed E-state index contributed by atoms with van der Waals surface area (Å²) in [5, 5.41) is 0.686. The van der Waals surface area contributed by atoms with Gasteiger partial charge in [-0.2, -0.15) is 0 Å². The second-order valence-corrected chi connectivity index (χ2v) is 11.2. The summed E-state index contributed by atoms with van der Waals surface area (Å²) in [5.41, 5.74) is 0.625. The van der Waals surface area contributed by atoms with Gasteiger partial charge in [-0.05, 0) is 67.9 Å². The van der Waals surface area contributed by atoms with Gasteiger partial charge in [0.1, 0.15) is 16.8 Å². The first-order valence-electron chi connectivity index (χ1n) is 11.6. The first-order valence-corrected chi connectivity index (χ1v) is 13.4. The third-order valence-electron chi connectivity index (χ3n) is 7.00. The van der Waals surface area contributed by atoms with Gasteiger partial charge in [-0.25, -0.2) is 9.19 Å². The Hall–Kier alpha value is -2.18. The van der Waals surface area contributed by atoms with Crippen molar-refractivity contribution in [3.63, 3.8) is 0 Å². The molecule has 0 radical (unpaired) electrons. The quantitative estimate of drug-likeness (QED) is 0.437. The molecule has 0 bridgehead atoms. The van der Waals surface area contributed by atoms with Crippen molar-refractivity contribution in [2.24, 2.45) is 11.3 Å². The van der Waals surface area contributed by atoms with Crippen LogP contribution in [0.5, 0.6) is 0 Å². The number of rotatable bonds is 9. The molecule has 1 aliphatic heterocycles. The van der Waals surface area contributed by atoms with Gasteiger partial charge in [-0.1, -0.05) is 42.8 Å². The van der Waals surface area contributed by atoms with Gasteiger partial charge in [0.2, 0.25) is 5.91 Å². The van der Waals surface area contributed by atoms with E-state index in [0.29, 0.717) is 29.7 Å². The standard InChI is InChI=1S/C26H32ClN3O2S/c1-4-15-26(2)16-14-22(19-10-12-21(27)13-11-19)30(25(26)31)23(20-8-9-20)18-29(33(3)32)24-7-5-6-17-28-24/h4-7,10-13,17,20,22-23H,1,8-9,14-16,18H2,2-3H3/t22-,23?,26-,33?/m0/s1. The highest BCUT2D eigenvalue weighted by atomic mass is 35.5. The molecule has 2 aromatic rings. The molecule has 0 spiro atoms. The van der Waals surface area contributed by atoms with Gasteiger partial charge < -0.3 is 4.90 Å². The highest BCUT2D eigenvalue weighted by Gasteiger charge is 2.50. The number of pyridine rings is 1. The van der Waals surface area contributed by atoms with Crippen molar-refractivity contribution in [3.05, 3.63) is 71.9 Å². The zero-order valence-electron chi connectivity index (χ0n) is 19.3. The number of aromatic nitrogens is 1. The van der Waals surface area contributed by atoms with Crippen LogP contribution in [0.2, 0.25) is 5.02 Å². The number of hydrogen-bond donors (Lipinski definition) is 0. The number of likely N-dealkylation sites (tertiary alicyclic amines) is 1. The number of carbonyl (C=O) groups is 1. The molecule has 1 saturated heterocycles. The Morgan fingerprint density at radius 1 is 1.27 bits per heavy atom. The van der Waals surface area contributed by atoms with Crippen LogP contribution >= 0.6 is 11.6 Å². The normalized spacial score (nSPS) is 24.9. The number of anilines is 1. The van der Waals surface area contributed by atoms with Gasteiger partial charge in [-0.15, -0.1) is 6.58 Å². The molecule has 2 fully saturated rings. The topological polar surface area (TPSA) is 53.5 Å². The zero-order chi connectivity index (χ0) is 23.6. The fraction of sp³-hybridized carbons (Fsp3) is 0.462. The molecule has 5 nitrogen and oxygen atoms in total. The van der Waals surface area contributed by atoms with E-state index in [1.54, 1.807) is 12.5 Å². The summed E-state index contributed by atoms with van der Waals surface area (Å²) in [6.45, 7) is 6.45. The van der Waals surface area contributed by atoms with Crippen LogP contribution in [0, 0.1) is 11.3 Å². The summed E-state index contributed by atoms with van der Waals surface area (Å²) in [6.07, 6.45) is 9.73. The maximum Gasteiger partial charge on any atom is 0.229 e. The van der Waals surface area contributed by atoms with Crippen LogP contribution in [-0.4, -0.2) is 38.8 Å². The summed E-state index contributed by atoms with van der Waals surface area (Å²) in [7, 11) is -1.26. The van der Waals surface area contributed by atoms with Crippen LogP contribution in [0.15, 0.2) is 61.3 Å². The predicted molar refractivity (Wildman–Crippen MR) is 135 cm³/mol. The second-order valence-electron chi connectivity index (χ2n) is 9.45. The minimum atomic E-state index is -1.26. The molecule has 0 N–H and O–H groups in total. The van der Waals surface area contributed by atoms with Gasteiger partial charge in [0.15, 0.2) is 0 Å². The van der Waals surface area contributed by atoms with Crippen molar-refractivity contribution in [3.8, 4) is 0 Å². The monoisotopic (exact) mass is 485 g/mol. The SMILES string of the molecule is C=CC[C@@]1(C)CC[C@@H](c2ccc(Cl)cc2)N(C(CN(c2ccccn2)S(C)=O)C2CC2)C1=O. The molecular weight excluding hydrogens is 454 g/mol. The fourth-order valence-electron chi connectivity index (χ4n) is 5.00. The Bertz CT molecular complexity index is 1010. The second kappa shape index (κ2) is 9.98. The van der Waals surface area contributed by atoms with Crippen LogP contribution in [0.25, 0.3) is 0 Å². The molecule has 2 aliphatic rings. The summed E-state index contributed by atoms with van der Waals surface area (Å²) in [4.78, 5) is 20.6. The Balaban J connectivity index is 1.73. The minimum absolute atomic E-state index is 0.0332. The van der Waals surface area contributed by atoms with Crippen molar-refractivity contribution in [1.29, 1.82) is 0 Å². The van der Waals surface area contributed by atoms with Crippen molar-refractivity contribution in [2.75, 3.05) is 17.1 Å². The van der Waals surface area contributed by atoms with Crippen molar-refractivity contribution < 1.29 is 9.00 Å². The van der Waals surface area contributed by atoms with E-state index in [9.17, 15) is 9.00 Å². The van der Waals surface area contributed by atoms with Crippen LogP contribution < -0.4 is 4.31 Å². The Kier molecular flexibility index (Phi) is 7.25. The Morgan fingerprint density at radius 3 is 2.58 bits per heavy atom. The lowest BCUT2D eigenvalue weighted by molar-refractivity contribution is -0.153. The van der Waals surface area contributed by atoms with E-state index in [2.05, 4.69) is 23.4 Å². The molecule has 1 amide bonds. The van der Waals surface area contributed by atoms with Crippen LogP contribution in [0.3, 0.4) is 0 Å². The molecule has 4 rings (SSSR count). The van der Waals surface area contributed by atoms with E-state index < -0.39 is 16.4 Å². The fourth-order valence-corrected chi connectivity index (χ4v) is 5.86. The number of allylic oxidation sites excluding steroid dienone is 1. The average molecular weight is 486 g/mol. The first kappa shape index (κ1) is 24.0. The number of carbonyl (C=O) groups excluding carboxylic acids is 1. The third kappa shape index (κ3) is 5.17. The molecular formula is C26H32ClN3O2S. The molecule has 1 aliphatic carbocycles. The largest absolute Gasteiger partial charge is 0.330 e. The summed E-state index contributed by atoms with van der Waals surface area (Å²) in [6, 6.07) is 13.4. The number of benzene rings is 1. The summed E-state index contributed by atoms with van der Waals surface area (Å²) < 4.78 is 14.6. The number of piperidine rings is 1. The van der Waals surface area contributed by atoms with Crippen molar-refractivity contribution >= 4 is 34.3 Å². The van der Waals surface area contributed by atoms with E-state index in [1.807, 2.05) is 52.8 Å². The molecule has 1 saturated carbocycles. The lowest BCUT2D eigenvalue weighted by Crippen LogP contribution is -2.56. The van der Waals surface area contributed by atoms with E-state index >= 15 is 0 Å². The lowest BCUT2D eigenvalue weighted by Gasteiger charge is -2.49. The van der Waals surface area contributed by atoms with Crippen LogP contribution in [-0.2, 0) is 15.8 Å². The zero-order valence-corrected chi connectivity index (χ0v) is 20.9. The number of amides is 1. The van der Waals surface area contributed by atoms with Crippen molar-refractivity contribution in [1.82, 2.24) is 9.88 Å². The molecule has 2 unspecified atom stereocenters. The number of nitrogens with zero attached hydrogens (tertiary/aromatic N) is 3. The lowest BCUT2D eigenvalue weighted by atomic mass is 9.74. The van der Waals surface area contributed by atoms with Gasteiger partial charge in [-0.3, -0.25) is 9.10 Å². The van der Waals surface area contributed by atoms with E-state index in [4.69, 9.17) is 11.6 Å². The molecule has 176 valence electrons. The Labute approximate surface area is 204 Å². The van der Waals surface area contributed by atoms with Gasteiger partial charge in [0.25, 0.3) is 0 Å². The predicted octanol–water partition coefficient (Wildman–Crippen LogP) is 5.56. The molecule has 4 atom stereocenters. The van der Waals surface area contributed by atoms with Crippen LogP contribution in [0.4, 0.5) is 5.82 Å². The molecule has 2 heterocycles. The molecule has 1 aromatic heterocycles. The van der Waals surface area contributed by atoms with E-state index in [-0.39, 0.29) is 18.0 Å². The minimum Gasteiger partial charge on any atom is -0.330 e. The summed E-state index contributed by atoms with van der Waals surface area (Å²) >= 11 is 6.16. The molecule has 1 aromatic carbocycles. The highest BCUT2D eigenvalue weighted by Crippen LogP contribution is 2.48. The average Bonchev–Trinajstić information content (AvgIpc) is 3.64. The van der Waals surface area contributed by atoms with E-state index in [0.717, 1.165) is 31.2 Å². The van der Waals surface area contributed by atoms with Gasteiger partial charge in [0.05, 0.1) is 24.0 Å². The number of hydrogen-bond acceptors (Lipinski definition) is 3. The van der Waals surface area contributed by atoms with Crippen molar-refractivity contribution in [2.45, 2.75) is 51.1 Å². The first-order chi connectivity index (χ1) is 15.8. The van der Waals surface area contributed by atoms with Gasteiger partial charge in [0, 0.05) is 17.5 Å². The summed E-state index contributed by atoms with van der Waals surface area (Å²) in [5.74, 6) is 1.23. The molecule has 33 heavy (non-hydrogen) atoms. The van der Waals surface area contributed by atoms with Gasteiger partial charge >= 0.3 is 0 Å². The van der Waals surface area contributed by atoms with Crippen LogP contribution in [0.1, 0.15) is 50.6 Å². The highest BCUT2D eigenvalue weighted by molar-refractivity contribution is 7.85. The maximum absolute atomic E-state index is 14.1. The smallest absolute Gasteiger partial charge is 0.229 e. The Morgan fingerprint density at radius 2 is 2.00 bits per heavy atom. The van der Waals surface area contributed by atoms with E-state index in [1.165, 1.54) is 0 Å². The maximum atomic E-state index is 14.1. The number of halogens is 1.